The fourth-order valence-electron chi connectivity index (χ4n) is 1.74. The van der Waals surface area contributed by atoms with Gasteiger partial charge in [0.25, 0.3) is 0 Å². The average molecular weight is 261 g/mol. The summed E-state index contributed by atoms with van der Waals surface area (Å²) in [7, 11) is 0. The highest BCUT2D eigenvalue weighted by molar-refractivity contribution is 5.14. The maximum Gasteiger partial charge on any atom is 0.389 e. The molecule has 1 unspecified atom stereocenters. The zero-order valence-electron chi connectivity index (χ0n) is 10.6. The molecule has 0 amide bonds. The van der Waals surface area contributed by atoms with Crippen LogP contribution in [-0.2, 0) is 6.54 Å². The lowest BCUT2D eigenvalue weighted by Crippen LogP contribution is -2.23. The van der Waals surface area contributed by atoms with Crippen LogP contribution in [0, 0.1) is 10.1 Å². The Kier molecular flexibility index (Phi) is 4.19. The zero-order valence-corrected chi connectivity index (χ0v) is 10.6. The summed E-state index contributed by atoms with van der Waals surface area (Å²) in [6, 6.07) is 5.51. The zero-order chi connectivity index (χ0) is 13.7. The van der Waals surface area contributed by atoms with Crippen LogP contribution in [0.2, 0.25) is 0 Å². The summed E-state index contributed by atoms with van der Waals surface area (Å²) in [5, 5.41) is 17.7. The molecule has 0 fully saturated rings. The predicted molar refractivity (Wildman–Crippen MR) is 69.5 cm³/mol. The summed E-state index contributed by atoms with van der Waals surface area (Å²) < 4.78 is 1.56. The standard InChI is InChI=1S/C12H15N5O2/c1-10(11-2-5-13-6-3-11)14-7-9-16-8-4-12(15-16)17(18)19/h2-6,8,10,14H,7,9H2,1H3. The highest BCUT2D eigenvalue weighted by Gasteiger charge is 2.10. The van der Waals surface area contributed by atoms with E-state index in [1.54, 1.807) is 23.3 Å². The number of hydrogen-bond acceptors (Lipinski definition) is 5. The van der Waals surface area contributed by atoms with Crippen molar-refractivity contribution in [2.75, 3.05) is 6.54 Å². The van der Waals surface area contributed by atoms with Crippen LogP contribution in [0.5, 0.6) is 0 Å². The van der Waals surface area contributed by atoms with Gasteiger partial charge in [-0.3, -0.25) is 4.98 Å². The van der Waals surface area contributed by atoms with Gasteiger partial charge < -0.3 is 15.4 Å². The first-order valence-electron chi connectivity index (χ1n) is 5.98. The third-order valence-electron chi connectivity index (χ3n) is 2.81. The molecule has 0 aliphatic carbocycles. The minimum atomic E-state index is -0.497. The van der Waals surface area contributed by atoms with Gasteiger partial charge in [0.2, 0.25) is 0 Å². The van der Waals surface area contributed by atoms with Gasteiger partial charge in [-0.05, 0) is 29.5 Å². The lowest BCUT2D eigenvalue weighted by atomic mass is 10.1. The lowest BCUT2D eigenvalue weighted by molar-refractivity contribution is -0.389. The van der Waals surface area contributed by atoms with Crippen molar-refractivity contribution in [1.82, 2.24) is 20.1 Å². The van der Waals surface area contributed by atoms with Crippen LogP contribution in [0.25, 0.3) is 0 Å². The summed E-state index contributed by atoms with van der Waals surface area (Å²) in [5.74, 6) is -0.123. The molecule has 0 saturated carbocycles. The molecule has 19 heavy (non-hydrogen) atoms. The molecule has 1 N–H and O–H groups in total. The number of aromatic nitrogens is 3. The molecule has 2 heterocycles. The van der Waals surface area contributed by atoms with E-state index >= 15 is 0 Å². The van der Waals surface area contributed by atoms with Crippen LogP contribution < -0.4 is 5.32 Å². The van der Waals surface area contributed by atoms with E-state index in [2.05, 4.69) is 22.3 Å². The molecule has 7 nitrogen and oxygen atoms in total. The lowest BCUT2D eigenvalue weighted by Gasteiger charge is -2.13. The molecular formula is C12H15N5O2. The van der Waals surface area contributed by atoms with E-state index < -0.39 is 4.92 Å². The second-order valence-corrected chi connectivity index (χ2v) is 4.15. The third-order valence-corrected chi connectivity index (χ3v) is 2.81. The van der Waals surface area contributed by atoms with E-state index in [4.69, 9.17) is 0 Å². The Morgan fingerprint density at radius 1 is 1.42 bits per heavy atom. The molecular weight excluding hydrogens is 246 g/mol. The van der Waals surface area contributed by atoms with Crippen LogP contribution >= 0.6 is 0 Å². The monoisotopic (exact) mass is 261 g/mol. The van der Waals surface area contributed by atoms with Gasteiger partial charge in [-0.15, -0.1) is 0 Å². The minimum Gasteiger partial charge on any atom is -0.358 e. The van der Waals surface area contributed by atoms with Gasteiger partial charge in [0, 0.05) is 25.0 Å². The summed E-state index contributed by atoms with van der Waals surface area (Å²) in [6.07, 6.45) is 5.12. The fourth-order valence-corrected chi connectivity index (χ4v) is 1.74. The van der Waals surface area contributed by atoms with Crippen molar-refractivity contribution in [1.29, 1.82) is 0 Å². The van der Waals surface area contributed by atoms with E-state index in [0.717, 1.165) is 5.56 Å². The first-order valence-corrected chi connectivity index (χ1v) is 5.98. The van der Waals surface area contributed by atoms with Gasteiger partial charge in [-0.25, -0.2) is 0 Å². The molecule has 0 radical (unpaired) electrons. The number of nitro groups is 1. The average Bonchev–Trinajstić information content (AvgIpc) is 2.89. The van der Waals surface area contributed by atoms with Crippen molar-refractivity contribution in [2.24, 2.45) is 0 Å². The largest absolute Gasteiger partial charge is 0.389 e. The first-order chi connectivity index (χ1) is 9.16. The second kappa shape index (κ2) is 6.05. The molecule has 0 aliphatic rings. The number of pyridine rings is 1. The Hall–Kier alpha value is -2.28. The van der Waals surface area contributed by atoms with Crippen molar-refractivity contribution in [3.05, 3.63) is 52.5 Å². The normalized spacial score (nSPS) is 12.3. The highest BCUT2D eigenvalue weighted by Crippen LogP contribution is 2.10. The quantitative estimate of drug-likeness (QED) is 0.629. The van der Waals surface area contributed by atoms with Gasteiger partial charge >= 0.3 is 5.82 Å². The summed E-state index contributed by atoms with van der Waals surface area (Å²) >= 11 is 0. The summed E-state index contributed by atoms with van der Waals surface area (Å²) in [6.45, 7) is 3.33. The highest BCUT2D eigenvalue weighted by atomic mass is 16.6. The molecule has 0 aliphatic heterocycles. The fraction of sp³-hybridized carbons (Fsp3) is 0.333. The van der Waals surface area contributed by atoms with Crippen LogP contribution in [0.1, 0.15) is 18.5 Å². The van der Waals surface area contributed by atoms with Gasteiger partial charge in [-0.2, -0.15) is 4.68 Å². The van der Waals surface area contributed by atoms with Crippen molar-refractivity contribution < 1.29 is 4.92 Å². The molecule has 0 saturated heterocycles. The summed E-state index contributed by atoms with van der Waals surface area (Å²) in [5.41, 5.74) is 1.15. The Bertz CT molecular complexity index is 540. The summed E-state index contributed by atoms with van der Waals surface area (Å²) in [4.78, 5) is 14.0. The van der Waals surface area contributed by atoms with E-state index in [9.17, 15) is 10.1 Å². The van der Waals surface area contributed by atoms with Crippen molar-refractivity contribution in [3.8, 4) is 0 Å². The van der Waals surface area contributed by atoms with Crippen LogP contribution in [0.15, 0.2) is 36.8 Å². The Morgan fingerprint density at radius 3 is 2.79 bits per heavy atom. The molecule has 1 atom stereocenters. The molecule has 7 heteroatoms. The van der Waals surface area contributed by atoms with Gasteiger partial charge in [0.05, 0.1) is 23.9 Å². The molecule has 2 aromatic heterocycles. The Morgan fingerprint density at radius 2 is 2.16 bits per heavy atom. The molecule has 0 spiro atoms. The van der Waals surface area contributed by atoms with E-state index in [-0.39, 0.29) is 11.9 Å². The Balaban J connectivity index is 1.81. The maximum absolute atomic E-state index is 10.5. The first kappa shape index (κ1) is 13.2. The van der Waals surface area contributed by atoms with Gasteiger partial charge in [-0.1, -0.05) is 0 Å². The van der Waals surface area contributed by atoms with Gasteiger partial charge in [0.15, 0.2) is 0 Å². The third kappa shape index (κ3) is 3.59. The van der Waals surface area contributed by atoms with Crippen molar-refractivity contribution in [2.45, 2.75) is 19.5 Å². The van der Waals surface area contributed by atoms with Gasteiger partial charge in [0.1, 0.15) is 0 Å². The number of rotatable bonds is 6. The molecule has 0 aromatic carbocycles. The maximum atomic E-state index is 10.5. The molecule has 2 rings (SSSR count). The number of hydrogen-bond donors (Lipinski definition) is 1. The van der Waals surface area contributed by atoms with Crippen LogP contribution in [0.4, 0.5) is 5.82 Å². The minimum absolute atomic E-state index is 0.123. The van der Waals surface area contributed by atoms with E-state index in [1.165, 1.54) is 6.07 Å². The van der Waals surface area contributed by atoms with Crippen molar-refractivity contribution >= 4 is 5.82 Å². The SMILES string of the molecule is CC(NCCn1ccc([N+](=O)[O-])n1)c1ccncc1. The van der Waals surface area contributed by atoms with Crippen LogP contribution in [-0.4, -0.2) is 26.2 Å². The topological polar surface area (TPSA) is 85.9 Å². The molecule has 100 valence electrons. The Labute approximate surface area is 110 Å². The van der Waals surface area contributed by atoms with E-state index in [1.807, 2.05) is 12.1 Å². The smallest absolute Gasteiger partial charge is 0.358 e. The van der Waals surface area contributed by atoms with Crippen LogP contribution in [0.3, 0.4) is 0 Å². The second-order valence-electron chi connectivity index (χ2n) is 4.15. The molecule has 0 bridgehead atoms. The number of nitrogens with one attached hydrogen (secondary N) is 1. The van der Waals surface area contributed by atoms with Crippen molar-refractivity contribution in [3.63, 3.8) is 0 Å². The van der Waals surface area contributed by atoms with E-state index in [0.29, 0.717) is 13.1 Å². The number of nitrogens with zero attached hydrogens (tertiary/aromatic N) is 4. The predicted octanol–water partition coefficient (Wildman–Crippen LogP) is 1.54. The molecule has 2 aromatic rings.